The van der Waals surface area contributed by atoms with Gasteiger partial charge >= 0.3 is 0 Å². The Kier molecular flexibility index (Phi) is 3.91. The van der Waals surface area contributed by atoms with Gasteiger partial charge in [0.05, 0.1) is 24.6 Å². The molecule has 0 saturated heterocycles. The quantitative estimate of drug-likeness (QED) is 0.549. The molecule has 1 aliphatic heterocycles. The van der Waals surface area contributed by atoms with Gasteiger partial charge in [0.1, 0.15) is 5.75 Å². The first-order chi connectivity index (χ1) is 13.7. The van der Waals surface area contributed by atoms with Crippen molar-refractivity contribution in [3.63, 3.8) is 0 Å². The van der Waals surface area contributed by atoms with Gasteiger partial charge in [-0.3, -0.25) is 18.7 Å². The largest absolute Gasteiger partial charge is 0.497 e. The number of hydrogen-bond donors (Lipinski definition) is 0. The van der Waals surface area contributed by atoms with Gasteiger partial charge in [0.2, 0.25) is 5.78 Å². The normalized spacial score (nSPS) is 14.5. The molecule has 0 fully saturated rings. The second-order valence-electron chi connectivity index (χ2n) is 7.23. The molecule has 5 rings (SSSR count). The molecular formula is C21H21N5O2. The Hall–Kier alpha value is -3.19. The zero-order valence-corrected chi connectivity index (χ0v) is 15.9. The van der Waals surface area contributed by atoms with Gasteiger partial charge in [-0.1, -0.05) is 18.2 Å². The summed E-state index contributed by atoms with van der Waals surface area (Å²) in [5.74, 6) is 2.29. The Morgan fingerprint density at radius 2 is 1.96 bits per heavy atom. The lowest BCUT2D eigenvalue weighted by Crippen LogP contribution is -2.31. The zero-order valence-electron chi connectivity index (χ0n) is 15.9. The monoisotopic (exact) mass is 375 g/mol. The molecule has 0 bridgehead atoms. The molecule has 0 aliphatic carbocycles. The average molecular weight is 375 g/mol. The van der Waals surface area contributed by atoms with E-state index in [4.69, 9.17) is 4.74 Å². The molecule has 0 unspecified atom stereocenters. The van der Waals surface area contributed by atoms with Gasteiger partial charge in [0.15, 0.2) is 5.82 Å². The molecule has 4 aromatic rings. The van der Waals surface area contributed by atoms with E-state index in [1.165, 1.54) is 11.1 Å². The molecule has 0 spiro atoms. The van der Waals surface area contributed by atoms with Crippen LogP contribution < -0.4 is 10.3 Å². The van der Waals surface area contributed by atoms with Crippen molar-refractivity contribution in [3.8, 4) is 5.75 Å². The van der Waals surface area contributed by atoms with Crippen molar-refractivity contribution in [1.82, 2.24) is 24.1 Å². The van der Waals surface area contributed by atoms with E-state index in [0.717, 1.165) is 36.6 Å². The number of methoxy groups -OCH3 is 1. The first kappa shape index (κ1) is 16.9. The van der Waals surface area contributed by atoms with Crippen molar-refractivity contribution in [2.24, 2.45) is 7.05 Å². The smallest absolute Gasteiger partial charge is 0.262 e. The van der Waals surface area contributed by atoms with Crippen molar-refractivity contribution >= 4 is 16.7 Å². The third kappa shape index (κ3) is 2.58. The minimum atomic E-state index is -0.0546. The van der Waals surface area contributed by atoms with Crippen LogP contribution in [0.15, 0.2) is 47.3 Å². The summed E-state index contributed by atoms with van der Waals surface area (Å²) in [6, 6.07) is 13.9. The number of benzene rings is 2. The van der Waals surface area contributed by atoms with Crippen molar-refractivity contribution < 1.29 is 4.74 Å². The van der Waals surface area contributed by atoms with Gasteiger partial charge in [-0.25, -0.2) is 0 Å². The molecule has 0 saturated carbocycles. The molecule has 0 amide bonds. The molecule has 0 atom stereocenters. The lowest BCUT2D eigenvalue weighted by Gasteiger charge is -2.28. The number of aryl methyl sites for hydroxylation is 1. The molecule has 2 aromatic heterocycles. The van der Waals surface area contributed by atoms with Crippen LogP contribution in [0.3, 0.4) is 0 Å². The number of para-hydroxylation sites is 1. The highest BCUT2D eigenvalue weighted by Crippen LogP contribution is 2.25. The van der Waals surface area contributed by atoms with Crippen molar-refractivity contribution in [3.05, 3.63) is 69.8 Å². The third-order valence-electron chi connectivity index (χ3n) is 5.56. The zero-order chi connectivity index (χ0) is 19.3. The molecule has 28 heavy (non-hydrogen) atoms. The van der Waals surface area contributed by atoms with Crippen LogP contribution in [-0.4, -0.2) is 37.7 Å². The number of rotatable bonds is 3. The standard InChI is InChI=1S/C21H21N5O2/c1-24-20(27)17-5-3-4-6-18(17)26-19(22-23-21(24)26)13-25-10-9-14-7-8-16(28-2)11-15(14)12-25/h3-8,11H,9-10,12-13H2,1-2H3. The van der Waals surface area contributed by atoms with Crippen LogP contribution in [-0.2, 0) is 26.6 Å². The number of ether oxygens (including phenoxy) is 1. The molecule has 0 N–H and O–H groups in total. The summed E-state index contributed by atoms with van der Waals surface area (Å²) < 4.78 is 8.94. The van der Waals surface area contributed by atoms with Crippen LogP contribution in [0.2, 0.25) is 0 Å². The topological polar surface area (TPSA) is 64.7 Å². The summed E-state index contributed by atoms with van der Waals surface area (Å²) >= 11 is 0. The lowest BCUT2D eigenvalue weighted by atomic mass is 9.99. The fourth-order valence-electron chi connectivity index (χ4n) is 4.05. The van der Waals surface area contributed by atoms with Gasteiger partial charge in [-0.2, -0.15) is 0 Å². The predicted molar refractivity (Wildman–Crippen MR) is 107 cm³/mol. The van der Waals surface area contributed by atoms with Crippen molar-refractivity contribution in [2.45, 2.75) is 19.5 Å². The second kappa shape index (κ2) is 6.45. The van der Waals surface area contributed by atoms with Gasteiger partial charge in [-0.05, 0) is 41.8 Å². The summed E-state index contributed by atoms with van der Waals surface area (Å²) in [5.41, 5.74) is 3.45. The van der Waals surface area contributed by atoms with Gasteiger partial charge < -0.3 is 4.74 Å². The maximum Gasteiger partial charge on any atom is 0.262 e. The van der Waals surface area contributed by atoms with Gasteiger partial charge in [0, 0.05) is 20.1 Å². The van der Waals surface area contributed by atoms with E-state index in [2.05, 4.69) is 27.2 Å². The SMILES string of the molecule is COc1ccc2c(c1)CN(Cc1nnc3n(C)c(=O)c4ccccc4n13)CC2. The Balaban J connectivity index is 1.55. The summed E-state index contributed by atoms with van der Waals surface area (Å²) in [5, 5.41) is 9.39. The maximum absolute atomic E-state index is 12.6. The van der Waals surface area contributed by atoms with E-state index in [-0.39, 0.29) is 5.56 Å². The van der Waals surface area contributed by atoms with Crippen LogP contribution in [0.1, 0.15) is 17.0 Å². The Bertz CT molecular complexity index is 1260. The number of fused-ring (bicyclic) bond motifs is 4. The summed E-state index contributed by atoms with van der Waals surface area (Å²) in [7, 11) is 3.44. The Morgan fingerprint density at radius 1 is 1.11 bits per heavy atom. The van der Waals surface area contributed by atoms with Crippen LogP contribution in [0.4, 0.5) is 0 Å². The van der Waals surface area contributed by atoms with E-state index in [1.807, 2.05) is 34.7 Å². The first-order valence-electron chi connectivity index (χ1n) is 9.35. The highest BCUT2D eigenvalue weighted by Gasteiger charge is 2.21. The molecule has 0 radical (unpaired) electrons. The van der Waals surface area contributed by atoms with E-state index in [0.29, 0.717) is 17.7 Å². The predicted octanol–water partition coefficient (Wildman–Crippen LogP) is 2.15. The second-order valence-corrected chi connectivity index (χ2v) is 7.23. The maximum atomic E-state index is 12.6. The van der Waals surface area contributed by atoms with E-state index < -0.39 is 0 Å². The molecule has 2 aromatic carbocycles. The van der Waals surface area contributed by atoms with Crippen molar-refractivity contribution in [2.75, 3.05) is 13.7 Å². The van der Waals surface area contributed by atoms with Crippen LogP contribution in [0, 0.1) is 0 Å². The highest BCUT2D eigenvalue weighted by molar-refractivity contribution is 5.80. The number of aromatic nitrogens is 4. The van der Waals surface area contributed by atoms with Crippen molar-refractivity contribution in [1.29, 1.82) is 0 Å². The van der Waals surface area contributed by atoms with E-state index >= 15 is 0 Å². The van der Waals surface area contributed by atoms with E-state index in [1.54, 1.807) is 18.7 Å². The number of hydrogen-bond acceptors (Lipinski definition) is 5. The first-order valence-corrected chi connectivity index (χ1v) is 9.35. The van der Waals surface area contributed by atoms with Gasteiger partial charge in [-0.15, -0.1) is 10.2 Å². The average Bonchev–Trinajstić information content (AvgIpc) is 3.15. The Labute approximate surface area is 161 Å². The van der Waals surface area contributed by atoms with Gasteiger partial charge in [0.25, 0.3) is 5.56 Å². The lowest BCUT2D eigenvalue weighted by molar-refractivity contribution is 0.238. The minimum Gasteiger partial charge on any atom is -0.497 e. The summed E-state index contributed by atoms with van der Waals surface area (Å²) in [6.45, 7) is 2.46. The summed E-state index contributed by atoms with van der Waals surface area (Å²) in [4.78, 5) is 15.0. The molecule has 3 heterocycles. The third-order valence-corrected chi connectivity index (χ3v) is 5.56. The summed E-state index contributed by atoms with van der Waals surface area (Å²) in [6.07, 6.45) is 0.995. The van der Waals surface area contributed by atoms with E-state index in [9.17, 15) is 4.79 Å². The number of nitrogens with zero attached hydrogens (tertiary/aromatic N) is 5. The molecule has 7 heteroatoms. The molecule has 1 aliphatic rings. The molecular weight excluding hydrogens is 354 g/mol. The fourth-order valence-corrected chi connectivity index (χ4v) is 4.05. The molecule has 142 valence electrons. The Morgan fingerprint density at radius 3 is 2.82 bits per heavy atom. The minimum absolute atomic E-state index is 0.0546. The molecule has 7 nitrogen and oxygen atoms in total. The van der Waals surface area contributed by atoms with Crippen LogP contribution in [0.5, 0.6) is 5.75 Å². The fraction of sp³-hybridized carbons (Fsp3) is 0.286. The van der Waals surface area contributed by atoms with Crippen LogP contribution in [0.25, 0.3) is 16.7 Å². The highest BCUT2D eigenvalue weighted by atomic mass is 16.5. The van der Waals surface area contributed by atoms with Crippen LogP contribution >= 0.6 is 0 Å².